The van der Waals surface area contributed by atoms with Crippen molar-refractivity contribution in [3.8, 4) is 0 Å². The summed E-state index contributed by atoms with van der Waals surface area (Å²) in [4.78, 5) is 14.5. The summed E-state index contributed by atoms with van der Waals surface area (Å²) in [6.07, 6.45) is 9.19. The number of nitrogens with zero attached hydrogens (tertiary/aromatic N) is 1. The number of likely N-dealkylation sites (N-methyl/N-ethyl adjacent to an activating group) is 1. The van der Waals surface area contributed by atoms with Crippen LogP contribution in [-0.2, 0) is 4.79 Å². The molecule has 2 rings (SSSR count). The lowest BCUT2D eigenvalue weighted by Crippen LogP contribution is -2.46. The topological polar surface area (TPSA) is 32.3 Å². The Balaban J connectivity index is 1.89. The molecular formula is C14H26N2O. The lowest BCUT2D eigenvalue weighted by molar-refractivity contribution is -0.134. The number of hydrogen-bond acceptors (Lipinski definition) is 2. The first-order valence-corrected chi connectivity index (χ1v) is 7.20. The van der Waals surface area contributed by atoms with Crippen LogP contribution in [0.25, 0.3) is 0 Å². The molecule has 1 N–H and O–H groups in total. The second-order valence-electron chi connectivity index (χ2n) is 5.74. The Labute approximate surface area is 105 Å². The normalized spacial score (nSPS) is 23.4. The molecule has 0 aromatic rings. The summed E-state index contributed by atoms with van der Waals surface area (Å²) >= 11 is 0. The molecule has 0 aliphatic heterocycles. The van der Waals surface area contributed by atoms with Crippen LogP contribution in [0.3, 0.4) is 0 Å². The zero-order chi connectivity index (χ0) is 12.3. The molecule has 2 aliphatic rings. The molecule has 1 amide bonds. The fourth-order valence-corrected chi connectivity index (χ4v) is 2.83. The first-order chi connectivity index (χ1) is 8.22. The first-order valence-electron chi connectivity index (χ1n) is 7.20. The summed E-state index contributed by atoms with van der Waals surface area (Å²) < 4.78 is 0. The van der Waals surface area contributed by atoms with Crippen LogP contribution in [0.2, 0.25) is 0 Å². The predicted octanol–water partition coefficient (Wildman–Crippen LogP) is 2.17. The lowest BCUT2D eigenvalue weighted by atomic mass is 9.89. The standard InChI is InChI=1S/C14H26N2O/c1-11(15-2)14(17)16(13-8-9-13)10-12-6-4-3-5-7-12/h11-13,15H,3-10H2,1-2H3. The van der Waals surface area contributed by atoms with E-state index in [0.29, 0.717) is 11.9 Å². The van der Waals surface area contributed by atoms with E-state index in [9.17, 15) is 4.79 Å². The zero-order valence-corrected chi connectivity index (χ0v) is 11.2. The molecule has 0 radical (unpaired) electrons. The molecule has 1 atom stereocenters. The molecule has 3 nitrogen and oxygen atoms in total. The van der Waals surface area contributed by atoms with Crippen molar-refractivity contribution in [3.05, 3.63) is 0 Å². The van der Waals surface area contributed by atoms with Crippen molar-refractivity contribution in [1.82, 2.24) is 10.2 Å². The highest BCUT2D eigenvalue weighted by Crippen LogP contribution is 2.31. The second kappa shape index (κ2) is 5.85. The van der Waals surface area contributed by atoms with E-state index in [0.717, 1.165) is 12.5 Å². The Kier molecular flexibility index (Phi) is 4.43. The third-order valence-corrected chi connectivity index (χ3v) is 4.25. The summed E-state index contributed by atoms with van der Waals surface area (Å²) in [5.74, 6) is 1.07. The van der Waals surface area contributed by atoms with Gasteiger partial charge >= 0.3 is 0 Å². The Hall–Kier alpha value is -0.570. The molecule has 98 valence electrons. The van der Waals surface area contributed by atoms with Crippen molar-refractivity contribution in [2.75, 3.05) is 13.6 Å². The summed E-state index contributed by atoms with van der Waals surface area (Å²) in [6.45, 7) is 2.98. The number of amides is 1. The average molecular weight is 238 g/mol. The van der Waals surface area contributed by atoms with Gasteiger partial charge in [-0.3, -0.25) is 4.79 Å². The van der Waals surface area contributed by atoms with Gasteiger partial charge in [-0.05, 0) is 45.6 Å². The maximum Gasteiger partial charge on any atom is 0.239 e. The van der Waals surface area contributed by atoms with E-state index in [1.54, 1.807) is 0 Å². The highest BCUT2D eigenvalue weighted by molar-refractivity contribution is 5.82. The molecule has 0 aromatic carbocycles. The van der Waals surface area contributed by atoms with E-state index in [4.69, 9.17) is 0 Å². The monoisotopic (exact) mass is 238 g/mol. The summed E-state index contributed by atoms with van der Waals surface area (Å²) in [5.41, 5.74) is 0. The van der Waals surface area contributed by atoms with Gasteiger partial charge in [0.2, 0.25) is 5.91 Å². The van der Waals surface area contributed by atoms with Gasteiger partial charge in [-0.25, -0.2) is 0 Å². The van der Waals surface area contributed by atoms with Crippen molar-refractivity contribution in [3.63, 3.8) is 0 Å². The molecule has 0 aromatic heterocycles. The fraction of sp³-hybridized carbons (Fsp3) is 0.929. The number of nitrogens with one attached hydrogen (secondary N) is 1. The van der Waals surface area contributed by atoms with Gasteiger partial charge in [0.25, 0.3) is 0 Å². The van der Waals surface area contributed by atoms with E-state index in [2.05, 4.69) is 10.2 Å². The Morgan fingerprint density at radius 1 is 1.24 bits per heavy atom. The van der Waals surface area contributed by atoms with Gasteiger partial charge in [0.1, 0.15) is 0 Å². The predicted molar refractivity (Wildman–Crippen MR) is 69.8 cm³/mol. The maximum atomic E-state index is 12.3. The third-order valence-electron chi connectivity index (χ3n) is 4.25. The van der Waals surface area contributed by atoms with E-state index in [1.165, 1.54) is 44.9 Å². The fourth-order valence-electron chi connectivity index (χ4n) is 2.83. The smallest absolute Gasteiger partial charge is 0.239 e. The van der Waals surface area contributed by atoms with Crippen LogP contribution in [0.4, 0.5) is 0 Å². The summed E-state index contributed by atoms with van der Waals surface area (Å²) in [6, 6.07) is 0.527. The number of rotatable bonds is 5. The quantitative estimate of drug-likeness (QED) is 0.796. The molecule has 2 aliphatic carbocycles. The molecule has 2 fully saturated rings. The Morgan fingerprint density at radius 2 is 1.88 bits per heavy atom. The van der Waals surface area contributed by atoms with Crippen LogP contribution in [0.1, 0.15) is 51.9 Å². The number of hydrogen-bond donors (Lipinski definition) is 1. The first kappa shape index (κ1) is 12.9. The van der Waals surface area contributed by atoms with Crippen LogP contribution in [0.5, 0.6) is 0 Å². The van der Waals surface area contributed by atoms with Gasteiger partial charge in [0, 0.05) is 12.6 Å². The SMILES string of the molecule is CNC(C)C(=O)N(CC1CCCCC1)C1CC1. The minimum absolute atomic E-state index is 0.0285. The Morgan fingerprint density at radius 3 is 2.41 bits per heavy atom. The van der Waals surface area contributed by atoms with E-state index in [1.807, 2.05) is 14.0 Å². The molecule has 0 saturated heterocycles. The van der Waals surface area contributed by atoms with Crippen LogP contribution in [0.15, 0.2) is 0 Å². The van der Waals surface area contributed by atoms with Crippen LogP contribution in [0, 0.1) is 5.92 Å². The van der Waals surface area contributed by atoms with Crippen molar-refractivity contribution < 1.29 is 4.79 Å². The van der Waals surface area contributed by atoms with Gasteiger partial charge in [-0.15, -0.1) is 0 Å². The zero-order valence-electron chi connectivity index (χ0n) is 11.2. The molecule has 3 heteroatoms. The molecule has 0 spiro atoms. The third kappa shape index (κ3) is 3.44. The van der Waals surface area contributed by atoms with E-state index >= 15 is 0 Å². The maximum absolute atomic E-state index is 12.3. The molecule has 17 heavy (non-hydrogen) atoms. The van der Waals surface area contributed by atoms with Crippen LogP contribution in [-0.4, -0.2) is 36.5 Å². The number of carbonyl (C=O) groups is 1. The molecular weight excluding hydrogens is 212 g/mol. The van der Waals surface area contributed by atoms with Crippen molar-refractivity contribution in [2.24, 2.45) is 5.92 Å². The van der Waals surface area contributed by atoms with Crippen molar-refractivity contribution >= 4 is 5.91 Å². The highest BCUT2D eigenvalue weighted by atomic mass is 16.2. The van der Waals surface area contributed by atoms with Gasteiger partial charge in [-0.1, -0.05) is 19.3 Å². The molecule has 1 unspecified atom stereocenters. The Bertz CT molecular complexity index is 257. The molecule has 2 saturated carbocycles. The minimum atomic E-state index is -0.0285. The van der Waals surface area contributed by atoms with Gasteiger partial charge in [-0.2, -0.15) is 0 Å². The molecule has 0 bridgehead atoms. The lowest BCUT2D eigenvalue weighted by Gasteiger charge is -2.31. The van der Waals surface area contributed by atoms with Gasteiger partial charge in [0.15, 0.2) is 0 Å². The second-order valence-corrected chi connectivity index (χ2v) is 5.74. The van der Waals surface area contributed by atoms with Crippen LogP contribution < -0.4 is 5.32 Å². The van der Waals surface area contributed by atoms with Crippen molar-refractivity contribution in [1.29, 1.82) is 0 Å². The average Bonchev–Trinajstić information content (AvgIpc) is 3.19. The van der Waals surface area contributed by atoms with Gasteiger partial charge in [0.05, 0.1) is 6.04 Å². The minimum Gasteiger partial charge on any atom is -0.338 e. The van der Waals surface area contributed by atoms with E-state index in [-0.39, 0.29) is 6.04 Å². The largest absolute Gasteiger partial charge is 0.338 e. The van der Waals surface area contributed by atoms with Crippen LogP contribution >= 0.6 is 0 Å². The highest BCUT2D eigenvalue weighted by Gasteiger charge is 2.35. The summed E-state index contributed by atoms with van der Waals surface area (Å²) in [5, 5.41) is 3.07. The van der Waals surface area contributed by atoms with Crippen molar-refractivity contribution in [2.45, 2.75) is 64.0 Å². The number of carbonyl (C=O) groups excluding carboxylic acids is 1. The van der Waals surface area contributed by atoms with E-state index < -0.39 is 0 Å². The van der Waals surface area contributed by atoms with Gasteiger partial charge < -0.3 is 10.2 Å². The molecule has 0 heterocycles. The summed E-state index contributed by atoms with van der Waals surface area (Å²) in [7, 11) is 1.87.